The van der Waals surface area contributed by atoms with Crippen molar-refractivity contribution in [1.82, 2.24) is 24.4 Å². The molecule has 7 nitrogen and oxygen atoms in total. The summed E-state index contributed by atoms with van der Waals surface area (Å²) in [7, 11) is 0. The van der Waals surface area contributed by atoms with Crippen LogP contribution in [0.15, 0.2) is 85.2 Å². The summed E-state index contributed by atoms with van der Waals surface area (Å²) in [5.41, 5.74) is 5.35. The zero-order chi connectivity index (χ0) is 30.1. The van der Waals surface area contributed by atoms with Gasteiger partial charge < -0.3 is 14.8 Å². The van der Waals surface area contributed by atoms with Crippen molar-refractivity contribution in [1.29, 1.82) is 0 Å². The number of hydrogen-bond donors (Lipinski definition) is 1. The molecule has 2 aromatic heterocycles. The van der Waals surface area contributed by atoms with E-state index in [0.717, 1.165) is 63.1 Å². The molecule has 5 aromatic rings. The summed E-state index contributed by atoms with van der Waals surface area (Å²) in [5.74, 6) is 1.33. The monoisotopic (exact) mass is 597 g/mol. The van der Waals surface area contributed by atoms with Crippen LogP contribution in [-0.4, -0.2) is 50.1 Å². The quantitative estimate of drug-likeness (QED) is 0.230. The van der Waals surface area contributed by atoms with E-state index in [1.54, 1.807) is 6.33 Å². The van der Waals surface area contributed by atoms with E-state index in [2.05, 4.69) is 63.6 Å². The van der Waals surface area contributed by atoms with Crippen molar-refractivity contribution in [2.45, 2.75) is 51.1 Å². The Kier molecular flexibility index (Phi) is 7.68. The summed E-state index contributed by atoms with van der Waals surface area (Å²) in [6.45, 7) is 4.78. The fourth-order valence-electron chi connectivity index (χ4n) is 6.22. The van der Waals surface area contributed by atoms with Gasteiger partial charge in [-0.1, -0.05) is 66.7 Å². The molecule has 0 spiro atoms. The Morgan fingerprint density at radius 2 is 1.48 bits per heavy atom. The van der Waals surface area contributed by atoms with Gasteiger partial charge in [-0.05, 0) is 53.6 Å². The first-order valence-electron chi connectivity index (χ1n) is 15.1. The molecule has 2 aliphatic rings. The van der Waals surface area contributed by atoms with Crippen LogP contribution in [0.5, 0.6) is 0 Å². The number of anilines is 2. The van der Waals surface area contributed by atoms with E-state index in [9.17, 15) is 13.2 Å². The molecular formula is C34H34F3N7. The van der Waals surface area contributed by atoms with Gasteiger partial charge in [0.15, 0.2) is 17.0 Å². The number of rotatable bonds is 7. The van der Waals surface area contributed by atoms with E-state index in [0.29, 0.717) is 36.0 Å². The van der Waals surface area contributed by atoms with Gasteiger partial charge in [-0.2, -0.15) is 23.1 Å². The average molecular weight is 598 g/mol. The number of fused-ring (bicyclic) bond motifs is 2. The van der Waals surface area contributed by atoms with Crippen LogP contribution in [-0.2, 0) is 32.2 Å². The highest BCUT2D eigenvalue weighted by molar-refractivity contribution is 5.84. The van der Waals surface area contributed by atoms with Crippen LogP contribution in [0.1, 0.15) is 40.7 Å². The molecule has 3 aromatic carbocycles. The number of alkyl halides is 3. The molecule has 1 saturated heterocycles. The minimum absolute atomic E-state index is 0.245. The zero-order valence-electron chi connectivity index (χ0n) is 24.3. The molecule has 0 unspecified atom stereocenters. The van der Waals surface area contributed by atoms with Crippen molar-refractivity contribution < 1.29 is 13.2 Å². The minimum Gasteiger partial charge on any atom is -0.365 e. The van der Waals surface area contributed by atoms with E-state index < -0.39 is 11.7 Å². The second-order valence-corrected chi connectivity index (χ2v) is 11.7. The summed E-state index contributed by atoms with van der Waals surface area (Å²) in [6.07, 6.45) is 0.215. The maximum absolute atomic E-state index is 13.1. The predicted octanol–water partition coefficient (Wildman–Crippen LogP) is 6.53. The number of piperidine rings is 1. The normalized spacial score (nSPS) is 16.3. The number of likely N-dealkylation sites (tertiary alicyclic amines) is 1. The van der Waals surface area contributed by atoms with E-state index >= 15 is 0 Å². The van der Waals surface area contributed by atoms with Crippen LogP contribution >= 0.6 is 0 Å². The predicted molar refractivity (Wildman–Crippen MR) is 165 cm³/mol. The third-order valence-electron chi connectivity index (χ3n) is 8.68. The van der Waals surface area contributed by atoms with Crippen molar-refractivity contribution in [3.8, 4) is 0 Å². The number of imidazole rings is 1. The first-order valence-corrected chi connectivity index (χ1v) is 15.1. The van der Waals surface area contributed by atoms with Gasteiger partial charge in [0.25, 0.3) is 0 Å². The number of aromatic nitrogens is 4. The second-order valence-electron chi connectivity index (χ2n) is 11.7. The second kappa shape index (κ2) is 11.9. The number of hydrogen-bond acceptors (Lipinski definition) is 6. The van der Waals surface area contributed by atoms with Crippen molar-refractivity contribution >= 4 is 22.9 Å². The van der Waals surface area contributed by atoms with E-state index in [4.69, 9.17) is 15.0 Å². The summed E-state index contributed by atoms with van der Waals surface area (Å²) in [5, 5.41) is 3.70. The van der Waals surface area contributed by atoms with Crippen LogP contribution in [0.3, 0.4) is 0 Å². The number of nitrogens with one attached hydrogen (secondary N) is 1. The maximum Gasteiger partial charge on any atom is 0.416 e. The van der Waals surface area contributed by atoms with Gasteiger partial charge in [0.1, 0.15) is 0 Å². The highest BCUT2D eigenvalue weighted by Crippen LogP contribution is 2.31. The lowest BCUT2D eigenvalue weighted by atomic mass is 10.0. The molecule has 0 bridgehead atoms. The molecular weight excluding hydrogens is 563 g/mol. The molecule has 0 saturated carbocycles. The molecule has 226 valence electrons. The van der Waals surface area contributed by atoms with Crippen LogP contribution in [0.4, 0.5) is 24.9 Å². The van der Waals surface area contributed by atoms with Crippen LogP contribution in [0.2, 0.25) is 0 Å². The molecule has 1 N–H and O–H groups in total. The van der Waals surface area contributed by atoms with E-state index in [1.165, 1.54) is 28.8 Å². The molecule has 2 aliphatic heterocycles. The van der Waals surface area contributed by atoms with Gasteiger partial charge in [0.2, 0.25) is 5.95 Å². The Balaban J connectivity index is 1.15. The Hall–Kier alpha value is -4.44. The topological polar surface area (TPSA) is 62.1 Å². The Labute approximate surface area is 254 Å². The van der Waals surface area contributed by atoms with Gasteiger partial charge in [0.05, 0.1) is 18.4 Å². The summed E-state index contributed by atoms with van der Waals surface area (Å²) in [4.78, 5) is 19.4. The lowest BCUT2D eigenvalue weighted by Gasteiger charge is -2.33. The van der Waals surface area contributed by atoms with Gasteiger partial charge in [0, 0.05) is 38.8 Å². The van der Waals surface area contributed by atoms with E-state index in [1.807, 2.05) is 10.6 Å². The third-order valence-corrected chi connectivity index (χ3v) is 8.68. The van der Waals surface area contributed by atoms with Crippen molar-refractivity contribution in [2.24, 2.45) is 0 Å². The smallest absolute Gasteiger partial charge is 0.365 e. The minimum atomic E-state index is -4.37. The van der Waals surface area contributed by atoms with Crippen molar-refractivity contribution in [2.75, 3.05) is 29.9 Å². The summed E-state index contributed by atoms with van der Waals surface area (Å²) >= 11 is 0. The van der Waals surface area contributed by atoms with Crippen molar-refractivity contribution in [3.05, 3.63) is 113 Å². The molecule has 44 heavy (non-hydrogen) atoms. The van der Waals surface area contributed by atoms with Crippen LogP contribution in [0.25, 0.3) is 11.2 Å². The first kappa shape index (κ1) is 28.3. The standard InChI is InChI=1S/C34H34F3N7/c35-34(36,37)28-12-10-25(11-13-28)21-44-23-38-30-31(39-29-15-17-42(18-16-29)20-24-6-2-1-3-7-24)40-33(41-32(30)44)43-19-14-26-8-4-5-9-27(26)22-43/h1-13,23,29H,14-22H2,(H,39,40,41). The number of halogens is 3. The largest absolute Gasteiger partial charge is 0.416 e. The van der Waals surface area contributed by atoms with Gasteiger partial charge in [-0.25, -0.2) is 4.98 Å². The number of benzene rings is 3. The molecule has 1 fully saturated rings. The Morgan fingerprint density at radius 3 is 2.23 bits per heavy atom. The molecule has 0 amide bonds. The fourth-order valence-corrected chi connectivity index (χ4v) is 6.22. The van der Waals surface area contributed by atoms with Crippen LogP contribution in [0, 0.1) is 0 Å². The lowest BCUT2D eigenvalue weighted by Crippen LogP contribution is -2.39. The summed E-state index contributed by atoms with van der Waals surface area (Å²) < 4.78 is 41.3. The van der Waals surface area contributed by atoms with Crippen molar-refractivity contribution in [3.63, 3.8) is 0 Å². The summed E-state index contributed by atoms with van der Waals surface area (Å²) in [6, 6.07) is 24.5. The maximum atomic E-state index is 13.1. The molecule has 4 heterocycles. The third kappa shape index (κ3) is 6.12. The van der Waals surface area contributed by atoms with Crippen LogP contribution < -0.4 is 10.2 Å². The van der Waals surface area contributed by atoms with Gasteiger partial charge in [-0.15, -0.1) is 0 Å². The first-order chi connectivity index (χ1) is 21.4. The van der Waals surface area contributed by atoms with E-state index in [-0.39, 0.29) is 6.04 Å². The molecule has 10 heteroatoms. The van der Waals surface area contributed by atoms with Gasteiger partial charge in [-0.3, -0.25) is 4.90 Å². The number of nitrogens with zero attached hydrogens (tertiary/aromatic N) is 6. The fraction of sp³-hybridized carbons (Fsp3) is 0.324. The Bertz CT molecular complexity index is 1730. The molecule has 0 radical (unpaired) electrons. The average Bonchev–Trinajstić information content (AvgIpc) is 3.45. The molecule has 0 aliphatic carbocycles. The highest BCUT2D eigenvalue weighted by Gasteiger charge is 2.30. The zero-order valence-corrected chi connectivity index (χ0v) is 24.3. The highest BCUT2D eigenvalue weighted by atomic mass is 19.4. The molecule has 0 atom stereocenters. The molecule has 7 rings (SSSR count). The Morgan fingerprint density at radius 1 is 0.773 bits per heavy atom. The van der Waals surface area contributed by atoms with Gasteiger partial charge >= 0.3 is 6.18 Å². The lowest BCUT2D eigenvalue weighted by molar-refractivity contribution is -0.137. The SMILES string of the molecule is FC(F)(F)c1ccc(Cn2cnc3c(NC4CCN(Cc5ccccc5)CC4)nc(N4CCc5ccccc5C4)nc32)cc1.